The van der Waals surface area contributed by atoms with Gasteiger partial charge in [0.05, 0.1) is 45.4 Å². The lowest BCUT2D eigenvalue weighted by Crippen LogP contribution is -2.05. The quantitative estimate of drug-likeness (QED) is 0.611. The molecule has 0 saturated heterocycles. The fraction of sp³-hybridized carbons (Fsp3) is 0.200. The van der Waals surface area contributed by atoms with Crippen LogP contribution in [0.4, 0.5) is 5.69 Å². The first-order valence-electron chi connectivity index (χ1n) is 8.40. The van der Waals surface area contributed by atoms with Crippen LogP contribution in [0.5, 0.6) is 23.0 Å². The molecule has 8 heteroatoms. The molecule has 2 N–H and O–H groups in total. The molecule has 8 nitrogen and oxygen atoms in total. The van der Waals surface area contributed by atoms with Gasteiger partial charge in [0.2, 0.25) is 5.75 Å². The predicted octanol–water partition coefficient (Wildman–Crippen LogP) is 3.16. The van der Waals surface area contributed by atoms with E-state index in [1.807, 2.05) is 0 Å². The molecular formula is C20H21N3O5. The first-order valence-corrected chi connectivity index (χ1v) is 8.40. The third kappa shape index (κ3) is 3.71. The maximum absolute atomic E-state index is 12.3. The zero-order valence-corrected chi connectivity index (χ0v) is 16.0. The molecule has 0 aliphatic rings. The number of methoxy groups -OCH3 is 4. The van der Waals surface area contributed by atoms with Crippen molar-refractivity contribution in [3.05, 3.63) is 52.3 Å². The highest BCUT2D eigenvalue weighted by atomic mass is 16.5. The summed E-state index contributed by atoms with van der Waals surface area (Å²) in [5.74, 6) is 2.17. The lowest BCUT2D eigenvalue weighted by Gasteiger charge is -2.13. The van der Waals surface area contributed by atoms with Gasteiger partial charge in [-0.15, -0.1) is 0 Å². The van der Waals surface area contributed by atoms with Crippen molar-refractivity contribution < 1.29 is 18.9 Å². The van der Waals surface area contributed by atoms with Crippen molar-refractivity contribution in [3.63, 3.8) is 0 Å². The minimum atomic E-state index is -0.291. The van der Waals surface area contributed by atoms with Gasteiger partial charge >= 0.3 is 0 Å². The van der Waals surface area contributed by atoms with E-state index in [9.17, 15) is 4.79 Å². The highest BCUT2D eigenvalue weighted by molar-refractivity contribution is 5.90. The minimum absolute atomic E-state index is 0.291. The van der Waals surface area contributed by atoms with Crippen LogP contribution in [0.1, 0.15) is 5.56 Å². The number of ether oxygens (including phenoxy) is 4. The van der Waals surface area contributed by atoms with Gasteiger partial charge in [0.1, 0.15) is 5.75 Å². The molecule has 0 amide bonds. The summed E-state index contributed by atoms with van der Waals surface area (Å²) in [4.78, 5) is 16.7. The Bertz CT molecular complexity index is 1010. The van der Waals surface area contributed by atoms with Gasteiger partial charge in [-0.1, -0.05) is 0 Å². The molecule has 28 heavy (non-hydrogen) atoms. The Morgan fingerprint density at radius 2 is 1.50 bits per heavy atom. The topological polar surface area (TPSA) is 97.9 Å². The molecule has 1 heterocycles. The Balaban J connectivity index is 2.03. The van der Waals surface area contributed by atoms with E-state index in [1.165, 1.54) is 27.5 Å². The Labute approximate surface area is 161 Å². The fourth-order valence-corrected chi connectivity index (χ4v) is 2.75. The normalized spacial score (nSPS) is 10.9. The van der Waals surface area contributed by atoms with Crippen molar-refractivity contribution in [2.45, 2.75) is 0 Å². The van der Waals surface area contributed by atoms with Crippen LogP contribution in [0.15, 0.2) is 46.2 Å². The Morgan fingerprint density at radius 3 is 2.04 bits per heavy atom. The van der Waals surface area contributed by atoms with Crippen LogP contribution in [-0.2, 0) is 0 Å². The van der Waals surface area contributed by atoms with Gasteiger partial charge in [-0.25, -0.2) is 0 Å². The van der Waals surface area contributed by atoms with Crippen LogP contribution < -0.4 is 24.5 Å². The summed E-state index contributed by atoms with van der Waals surface area (Å²) in [5, 5.41) is 5.47. The molecule has 0 aliphatic carbocycles. The van der Waals surface area contributed by atoms with E-state index < -0.39 is 0 Å². The molecule has 2 aromatic carbocycles. The fourth-order valence-electron chi connectivity index (χ4n) is 2.75. The summed E-state index contributed by atoms with van der Waals surface area (Å²) in [6.07, 6.45) is 1.51. The molecular weight excluding hydrogens is 362 g/mol. The van der Waals surface area contributed by atoms with Gasteiger partial charge in [0, 0.05) is 11.8 Å². The molecule has 0 aliphatic heterocycles. The summed E-state index contributed by atoms with van der Waals surface area (Å²) in [6, 6.07) is 10.7. The molecule has 0 unspecified atom stereocenters. The summed E-state index contributed by atoms with van der Waals surface area (Å²) >= 11 is 0. The Morgan fingerprint density at radius 1 is 0.857 bits per heavy atom. The summed E-state index contributed by atoms with van der Waals surface area (Å²) in [6.45, 7) is 0. The van der Waals surface area contributed by atoms with E-state index in [-0.39, 0.29) is 5.56 Å². The molecule has 146 valence electrons. The van der Waals surface area contributed by atoms with E-state index in [4.69, 9.17) is 18.9 Å². The smallest absolute Gasteiger partial charge is 0.273 e. The molecule has 0 bridgehead atoms. The van der Waals surface area contributed by atoms with E-state index >= 15 is 0 Å². The van der Waals surface area contributed by atoms with Crippen LogP contribution in [0, 0.1) is 0 Å². The Hall–Kier alpha value is -3.68. The van der Waals surface area contributed by atoms with Crippen molar-refractivity contribution >= 4 is 11.9 Å². The highest BCUT2D eigenvalue weighted by Crippen LogP contribution is 2.41. The van der Waals surface area contributed by atoms with Gasteiger partial charge in [-0.2, -0.15) is 0 Å². The van der Waals surface area contributed by atoms with Crippen molar-refractivity contribution in [1.82, 2.24) is 10.2 Å². The summed E-state index contributed by atoms with van der Waals surface area (Å²) in [5.41, 5.74) is 2.02. The van der Waals surface area contributed by atoms with Crippen LogP contribution in [0.2, 0.25) is 0 Å². The van der Waals surface area contributed by atoms with E-state index in [1.54, 1.807) is 43.5 Å². The molecule has 3 rings (SSSR count). The van der Waals surface area contributed by atoms with Crippen LogP contribution in [-0.4, -0.2) is 44.9 Å². The average Bonchev–Trinajstić information content (AvgIpc) is 3.11. The molecule has 0 spiro atoms. The molecule has 1 aromatic heterocycles. The number of hydrogen-bond acceptors (Lipinski definition) is 6. The van der Waals surface area contributed by atoms with Crippen molar-refractivity contribution in [2.75, 3.05) is 28.4 Å². The number of nitrogens with zero attached hydrogens (tertiary/aromatic N) is 1. The lowest BCUT2D eigenvalue weighted by molar-refractivity contribution is 0.324. The first kappa shape index (κ1) is 19.1. The van der Waals surface area contributed by atoms with Gasteiger partial charge < -0.3 is 18.9 Å². The third-order valence-corrected chi connectivity index (χ3v) is 4.18. The van der Waals surface area contributed by atoms with Crippen molar-refractivity contribution in [1.29, 1.82) is 0 Å². The number of rotatable bonds is 7. The zero-order chi connectivity index (χ0) is 20.1. The van der Waals surface area contributed by atoms with E-state index in [2.05, 4.69) is 15.2 Å². The van der Waals surface area contributed by atoms with Crippen LogP contribution in [0.25, 0.3) is 11.3 Å². The van der Waals surface area contributed by atoms with Gasteiger partial charge in [-0.3, -0.25) is 20.0 Å². The summed E-state index contributed by atoms with van der Waals surface area (Å²) < 4.78 is 21.2. The second-order valence-electron chi connectivity index (χ2n) is 5.74. The molecule has 0 saturated carbocycles. The first-order chi connectivity index (χ1) is 13.6. The molecule has 0 fully saturated rings. The maximum atomic E-state index is 12.3. The third-order valence-electron chi connectivity index (χ3n) is 4.18. The number of aromatic nitrogens is 2. The van der Waals surface area contributed by atoms with Crippen molar-refractivity contribution in [2.24, 2.45) is 4.99 Å². The van der Waals surface area contributed by atoms with Gasteiger partial charge in [-0.05, 0) is 36.4 Å². The number of hydrogen-bond donors (Lipinski definition) is 2. The molecule has 0 radical (unpaired) electrons. The monoisotopic (exact) mass is 383 g/mol. The van der Waals surface area contributed by atoms with Gasteiger partial charge in [0.15, 0.2) is 11.5 Å². The van der Waals surface area contributed by atoms with E-state index in [0.717, 1.165) is 5.75 Å². The van der Waals surface area contributed by atoms with Gasteiger partial charge in [0.25, 0.3) is 5.56 Å². The maximum Gasteiger partial charge on any atom is 0.273 e. The number of nitrogens with one attached hydrogen (secondary N) is 2. The lowest BCUT2D eigenvalue weighted by atomic mass is 10.1. The summed E-state index contributed by atoms with van der Waals surface area (Å²) in [7, 11) is 6.20. The number of aliphatic imine (C=N–C) groups is 1. The molecule has 0 atom stereocenters. The largest absolute Gasteiger partial charge is 0.497 e. The minimum Gasteiger partial charge on any atom is -0.497 e. The van der Waals surface area contributed by atoms with Crippen LogP contribution >= 0.6 is 0 Å². The SMILES string of the molecule is COc1ccc(N=Cc2c(-c3cc(OC)c(OC)c(OC)c3)[nH][nH]c2=O)cc1. The predicted molar refractivity (Wildman–Crippen MR) is 107 cm³/mol. The average molecular weight is 383 g/mol. The Kier molecular flexibility index (Phi) is 5.69. The number of benzene rings is 2. The van der Waals surface area contributed by atoms with E-state index in [0.29, 0.717) is 39.8 Å². The zero-order valence-electron chi connectivity index (χ0n) is 16.0. The number of aromatic amines is 2. The highest BCUT2D eigenvalue weighted by Gasteiger charge is 2.17. The van der Waals surface area contributed by atoms with Crippen LogP contribution in [0.3, 0.4) is 0 Å². The number of H-pyrrole nitrogens is 2. The second kappa shape index (κ2) is 8.34. The molecule has 3 aromatic rings. The van der Waals surface area contributed by atoms with Crippen molar-refractivity contribution in [3.8, 4) is 34.3 Å². The standard InChI is InChI=1S/C20H21N3O5/c1-25-14-7-5-13(6-8-14)21-11-15-18(22-23-20(15)24)12-9-16(26-2)19(28-4)17(10-12)27-3/h5-11H,1-4H3,(H2,22,23,24). The second-order valence-corrected chi connectivity index (χ2v) is 5.74.